The molecular weight excluding hydrogens is 310 g/mol. The maximum absolute atomic E-state index is 12.8. The van der Waals surface area contributed by atoms with Crippen LogP contribution in [0.1, 0.15) is 22.4 Å². The third-order valence-electron chi connectivity index (χ3n) is 3.53. The molecule has 3 heterocycles. The predicted molar refractivity (Wildman–Crippen MR) is 89.0 cm³/mol. The summed E-state index contributed by atoms with van der Waals surface area (Å²) in [6.45, 7) is 3.09. The summed E-state index contributed by atoms with van der Waals surface area (Å²) in [5, 5.41) is 7.27. The molecule has 0 N–H and O–H groups in total. The van der Waals surface area contributed by atoms with E-state index in [2.05, 4.69) is 15.1 Å². The van der Waals surface area contributed by atoms with E-state index in [0.29, 0.717) is 18.8 Å². The highest BCUT2D eigenvalue weighted by atomic mass is 32.1. The summed E-state index contributed by atoms with van der Waals surface area (Å²) in [4.78, 5) is 22.9. The maximum atomic E-state index is 12.8. The lowest BCUT2D eigenvalue weighted by Gasteiger charge is -2.19. The van der Waals surface area contributed by atoms with E-state index in [1.165, 1.54) is 0 Å². The number of rotatable bonds is 5. The first-order valence-electron chi connectivity index (χ1n) is 7.31. The Hall–Kier alpha value is -2.54. The lowest BCUT2D eigenvalue weighted by Crippen LogP contribution is -2.31. The number of carbonyl (C=O) groups excluding carboxylic acids is 1. The molecule has 0 unspecified atom stereocenters. The molecule has 0 bridgehead atoms. The van der Waals surface area contributed by atoms with Gasteiger partial charge in [0.1, 0.15) is 10.7 Å². The fourth-order valence-corrected chi connectivity index (χ4v) is 2.94. The van der Waals surface area contributed by atoms with Crippen molar-refractivity contribution in [3.63, 3.8) is 0 Å². The van der Waals surface area contributed by atoms with Gasteiger partial charge in [-0.3, -0.25) is 14.5 Å². The van der Waals surface area contributed by atoms with E-state index in [9.17, 15) is 4.79 Å². The Morgan fingerprint density at radius 2 is 2.26 bits per heavy atom. The number of hydrogen-bond acceptors (Lipinski definition) is 5. The van der Waals surface area contributed by atoms with E-state index in [-0.39, 0.29) is 5.91 Å². The van der Waals surface area contributed by atoms with Crippen molar-refractivity contribution in [2.75, 3.05) is 6.54 Å². The molecule has 0 aliphatic rings. The highest BCUT2D eigenvalue weighted by Crippen LogP contribution is 2.19. The van der Waals surface area contributed by atoms with Crippen LogP contribution in [0.25, 0.3) is 11.3 Å². The van der Waals surface area contributed by atoms with Gasteiger partial charge in [-0.15, -0.1) is 11.3 Å². The van der Waals surface area contributed by atoms with Crippen LogP contribution in [0.5, 0.6) is 0 Å². The van der Waals surface area contributed by atoms with E-state index in [4.69, 9.17) is 0 Å². The van der Waals surface area contributed by atoms with Gasteiger partial charge in [0.2, 0.25) is 0 Å². The molecule has 3 aromatic rings. The monoisotopic (exact) mass is 327 g/mol. The number of thiazole rings is 1. The zero-order valence-corrected chi connectivity index (χ0v) is 13.8. The van der Waals surface area contributed by atoms with Crippen molar-refractivity contribution in [1.29, 1.82) is 0 Å². The van der Waals surface area contributed by atoms with E-state index in [1.54, 1.807) is 46.6 Å². The highest BCUT2D eigenvalue weighted by molar-refractivity contribution is 7.09. The number of hydrogen-bond donors (Lipinski definition) is 0. The Morgan fingerprint density at radius 3 is 2.91 bits per heavy atom. The van der Waals surface area contributed by atoms with Crippen LogP contribution >= 0.6 is 11.3 Å². The van der Waals surface area contributed by atoms with Gasteiger partial charge in [-0.1, -0.05) is 0 Å². The van der Waals surface area contributed by atoms with E-state index < -0.39 is 0 Å². The normalized spacial score (nSPS) is 10.7. The average molecular weight is 327 g/mol. The first kappa shape index (κ1) is 15.4. The third kappa shape index (κ3) is 3.29. The first-order valence-corrected chi connectivity index (χ1v) is 8.19. The molecule has 7 heteroatoms. The zero-order chi connectivity index (χ0) is 16.2. The van der Waals surface area contributed by atoms with Crippen molar-refractivity contribution >= 4 is 17.2 Å². The zero-order valence-electron chi connectivity index (χ0n) is 13.0. The summed E-state index contributed by atoms with van der Waals surface area (Å²) in [6.07, 6.45) is 5.21. The SMILES string of the molecule is CCN(Cc1nccs1)C(=O)c1cc(-c2cccnc2)nn1C. The van der Waals surface area contributed by atoms with Crippen LogP contribution in [-0.2, 0) is 13.6 Å². The molecule has 0 saturated carbocycles. The summed E-state index contributed by atoms with van der Waals surface area (Å²) in [5.74, 6) is -0.0483. The molecule has 0 aliphatic heterocycles. The molecule has 0 radical (unpaired) electrons. The molecule has 3 rings (SSSR count). The second-order valence-electron chi connectivity index (χ2n) is 5.03. The molecule has 6 nitrogen and oxygen atoms in total. The molecular formula is C16H17N5OS. The van der Waals surface area contributed by atoms with E-state index in [1.807, 2.05) is 30.5 Å². The number of carbonyl (C=O) groups is 1. The minimum absolute atomic E-state index is 0.0483. The lowest BCUT2D eigenvalue weighted by atomic mass is 10.2. The Balaban J connectivity index is 1.85. The van der Waals surface area contributed by atoms with Gasteiger partial charge in [0.25, 0.3) is 5.91 Å². The van der Waals surface area contributed by atoms with Gasteiger partial charge in [0.05, 0.1) is 12.2 Å². The summed E-state index contributed by atoms with van der Waals surface area (Å²) < 4.78 is 1.62. The topological polar surface area (TPSA) is 63.9 Å². The van der Waals surface area contributed by atoms with Gasteiger partial charge < -0.3 is 4.90 Å². The number of aromatic nitrogens is 4. The van der Waals surface area contributed by atoms with Crippen molar-refractivity contribution in [2.45, 2.75) is 13.5 Å². The molecule has 3 aromatic heterocycles. The Kier molecular flexibility index (Phi) is 4.47. The van der Waals surface area contributed by atoms with E-state index >= 15 is 0 Å². The highest BCUT2D eigenvalue weighted by Gasteiger charge is 2.20. The maximum Gasteiger partial charge on any atom is 0.272 e. The smallest absolute Gasteiger partial charge is 0.272 e. The van der Waals surface area contributed by atoms with Crippen molar-refractivity contribution in [2.24, 2.45) is 7.05 Å². The largest absolute Gasteiger partial charge is 0.331 e. The Morgan fingerprint density at radius 1 is 1.39 bits per heavy atom. The molecule has 0 fully saturated rings. The van der Waals surface area contributed by atoms with Crippen LogP contribution in [0, 0.1) is 0 Å². The van der Waals surface area contributed by atoms with E-state index in [0.717, 1.165) is 16.3 Å². The number of nitrogens with zero attached hydrogens (tertiary/aromatic N) is 5. The minimum Gasteiger partial charge on any atom is -0.331 e. The number of amides is 1. The molecule has 0 saturated heterocycles. The van der Waals surface area contributed by atoms with Gasteiger partial charge in [-0.2, -0.15) is 5.10 Å². The fourth-order valence-electron chi connectivity index (χ4n) is 2.31. The Bertz CT molecular complexity index is 782. The second-order valence-corrected chi connectivity index (χ2v) is 6.00. The molecule has 23 heavy (non-hydrogen) atoms. The summed E-state index contributed by atoms with van der Waals surface area (Å²) in [7, 11) is 1.78. The fraction of sp³-hybridized carbons (Fsp3) is 0.250. The predicted octanol–water partition coefficient (Wildman–Crippen LogP) is 2.60. The van der Waals surface area contributed by atoms with Gasteiger partial charge >= 0.3 is 0 Å². The van der Waals surface area contributed by atoms with Crippen LogP contribution in [0.2, 0.25) is 0 Å². The quantitative estimate of drug-likeness (QED) is 0.722. The van der Waals surface area contributed by atoms with Gasteiger partial charge in [-0.05, 0) is 25.1 Å². The third-order valence-corrected chi connectivity index (χ3v) is 4.30. The summed E-state index contributed by atoms with van der Waals surface area (Å²) in [6, 6.07) is 5.59. The van der Waals surface area contributed by atoms with Crippen LogP contribution in [0.15, 0.2) is 42.2 Å². The molecule has 0 aromatic carbocycles. The van der Waals surface area contributed by atoms with Crippen LogP contribution < -0.4 is 0 Å². The van der Waals surface area contributed by atoms with Crippen molar-refractivity contribution < 1.29 is 4.79 Å². The summed E-state index contributed by atoms with van der Waals surface area (Å²) in [5.41, 5.74) is 2.20. The van der Waals surface area contributed by atoms with Gasteiger partial charge in [-0.25, -0.2) is 4.98 Å². The van der Waals surface area contributed by atoms with Gasteiger partial charge in [0, 0.05) is 43.1 Å². The molecule has 0 spiro atoms. The number of pyridine rings is 1. The lowest BCUT2D eigenvalue weighted by molar-refractivity contribution is 0.0741. The second kappa shape index (κ2) is 6.70. The van der Waals surface area contributed by atoms with Crippen molar-refractivity contribution in [3.05, 3.63) is 52.9 Å². The molecule has 1 amide bonds. The first-order chi connectivity index (χ1) is 11.2. The van der Waals surface area contributed by atoms with Gasteiger partial charge in [0.15, 0.2) is 0 Å². The standard InChI is InChI=1S/C16H17N5OS/c1-3-21(11-15-18-7-8-23-15)16(22)14-9-13(19-20(14)2)12-5-4-6-17-10-12/h4-10H,3,11H2,1-2H3. The Labute approximate surface area is 138 Å². The van der Waals surface area contributed by atoms with Crippen molar-refractivity contribution in [3.8, 4) is 11.3 Å². The van der Waals surface area contributed by atoms with Crippen LogP contribution in [0.4, 0.5) is 0 Å². The molecule has 0 aliphatic carbocycles. The van der Waals surface area contributed by atoms with Crippen LogP contribution in [-0.4, -0.2) is 37.1 Å². The van der Waals surface area contributed by atoms with Crippen molar-refractivity contribution in [1.82, 2.24) is 24.6 Å². The number of aryl methyl sites for hydroxylation is 1. The minimum atomic E-state index is -0.0483. The summed E-state index contributed by atoms with van der Waals surface area (Å²) >= 11 is 1.55. The average Bonchev–Trinajstić information content (AvgIpc) is 3.22. The van der Waals surface area contributed by atoms with Crippen LogP contribution in [0.3, 0.4) is 0 Å². The molecule has 0 atom stereocenters. The molecule has 118 valence electrons.